The maximum absolute atomic E-state index is 13.1. The van der Waals surface area contributed by atoms with Gasteiger partial charge < -0.3 is 5.32 Å². The van der Waals surface area contributed by atoms with Crippen LogP contribution in [0.15, 0.2) is 39.7 Å². The van der Waals surface area contributed by atoms with Gasteiger partial charge in [0.2, 0.25) is 0 Å². The van der Waals surface area contributed by atoms with E-state index in [1.807, 2.05) is 0 Å². The van der Waals surface area contributed by atoms with Crippen LogP contribution in [0.2, 0.25) is 0 Å². The number of halogens is 2. The molecule has 0 aliphatic rings. The fourth-order valence-corrected chi connectivity index (χ4v) is 2.08. The summed E-state index contributed by atoms with van der Waals surface area (Å²) in [6, 6.07) is 6.22. The summed E-state index contributed by atoms with van der Waals surface area (Å²) in [4.78, 5) is 11.9. The van der Waals surface area contributed by atoms with E-state index in [4.69, 9.17) is 6.42 Å². The number of rotatable bonds is 4. The van der Waals surface area contributed by atoms with E-state index in [1.54, 1.807) is 12.1 Å². The first-order valence-electron chi connectivity index (χ1n) is 5.79. The van der Waals surface area contributed by atoms with Gasteiger partial charge in [0.05, 0.1) is 11.9 Å². The van der Waals surface area contributed by atoms with Crippen molar-refractivity contribution in [3.63, 3.8) is 0 Å². The summed E-state index contributed by atoms with van der Waals surface area (Å²) in [6.07, 6.45) is 6.65. The number of benzene rings is 1. The fourth-order valence-electron chi connectivity index (χ4n) is 1.63. The summed E-state index contributed by atoms with van der Waals surface area (Å²) in [6.45, 7) is 0.498. The molecule has 0 fully saturated rings. The first-order valence-corrected chi connectivity index (χ1v) is 6.58. The molecule has 0 amide bonds. The van der Waals surface area contributed by atoms with Crippen molar-refractivity contribution in [1.82, 2.24) is 9.78 Å². The van der Waals surface area contributed by atoms with Crippen LogP contribution in [0.5, 0.6) is 0 Å². The SMILES string of the molecule is C#CCn1ncc(NCc2cccc(F)c2)c(Br)c1=O. The van der Waals surface area contributed by atoms with Crippen molar-refractivity contribution in [3.05, 3.63) is 56.7 Å². The number of aromatic nitrogens is 2. The zero-order valence-electron chi connectivity index (χ0n) is 10.4. The highest BCUT2D eigenvalue weighted by molar-refractivity contribution is 9.10. The topological polar surface area (TPSA) is 46.9 Å². The summed E-state index contributed by atoms with van der Waals surface area (Å²) < 4.78 is 14.6. The van der Waals surface area contributed by atoms with Crippen LogP contribution in [0.4, 0.5) is 10.1 Å². The minimum absolute atomic E-state index is 0.113. The Balaban J connectivity index is 2.17. The lowest BCUT2D eigenvalue weighted by Gasteiger charge is -2.09. The molecule has 0 saturated heterocycles. The Morgan fingerprint density at radius 1 is 1.50 bits per heavy atom. The molecule has 0 aliphatic carbocycles. The molecule has 2 aromatic rings. The van der Waals surface area contributed by atoms with Gasteiger partial charge in [-0.1, -0.05) is 18.1 Å². The summed E-state index contributed by atoms with van der Waals surface area (Å²) in [5.41, 5.74) is 0.990. The number of nitrogens with zero attached hydrogens (tertiary/aromatic N) is 2. The second-order valence-electron chi connectivity index (χ2n) is 4.02. The van der Waals surface area contributed by atoms with Crippen LogP contribution in [0.3, 0.4) is 0 Å². The number of hydrogen-bond donors (Lipinski definition) is 1. The Kier molecular flexibility index (Phi) is 4.53. The van der Waals surface area contributed by atoms with E-state index in [-0.39, 0.29) is 17.9 Å². The van der Waals surface area contributed by atoms with E-state index in [0.717, 1.165) is 5.56 Å². The van der Waals surface area contributed by atoms with Crippen LogP contribution in [0.25, 0.3) is 0 Å². The van der Waals surface area contributed by atoms with Gasteiger partial charge in [-0.3, -0.25) is 4.79 Å². The predicted molar refractivity (Wildman–Crippen MR) is 78.8 cm³/mol. The molecule has 0 saturated carbocycles. The highest BCUT2D eigenvalue weighted by Gasteiger charge is 2.08. The molecule has 1 heterocycles. The molecule has 0 radical (unpaired) electrons. The van der Waals surface area contributed by atoms with Crippen LogP contribution in [0, 0.1) is 18.2 Å². The third-order valence-corrected chi connectivity index (χ3v) is 3.36. The van der Waals surface area contributed by atoms with Crippen LogP contribution in [0.1, 0.15) is 5.56 Å². The summed E-state index contributed by atoms with van der Waals surface area (Å²) >= 11 is 3.21. The molecular weight excluding hydrogens is 325 g/mol. The van der Waals surface area contributed by atoms with Gasteiger partial charge in [-0.05, 0) is 33.6 Å². The molecule has 20 heavy (non-hydrogen) atoms. The summed E-state index contributed by atoms with van der Waals surface area (Å²) in [5.74, 6) is 2.05. The Bertz CT molecular complexity index is 721. The van der Waals surface area contributed by atoms with E-state index >= 15 is 0 Å². The Hall–Kier alpha value is -2.13. The molecule has 0 spiro atoms. The first kappa shape index (κ1) is 14.3. The van der Waals surface area contributed by atoms with Crippen LogP contribution >= 0.6 is 15.9 Å². The average Bonchev–Trinajstić information content (AvgIpc) is 2.43. The van der Waals surface area contributed by atoms with Crippen LogP contribution in [-0.4, -0.2) is 9.78 Å². The van der Waals surface area contributed by atoms with E-state index in [0.29, 0.717) is 16.7 Å². The van der Waals surface area contributed by atoms with Gasteiger partial charge in [-0.25, -0.2) is 9.07 Å². The van der Waals surface area contributed by atoms with Gasteiger partial charge in [0.25, 0.3) is 5.56 Å². The predicted octanol–water partition coefficient (Wildman–Crippen LogP) is 2.39. The first-order chi connectivity index (χ1) is 9.61. The molecule has 1 aromatic carbocycles. The monoisotopic (exact) mass is 335 g/mol. The van der Waals surface area contributed by atoms with Crippen molar-refractivity contribution in [1.29, 1.82) is 0 Å². The van der Waals surface area contributed by atoms with Crippen molar-refractivity contribution >= 4 is 21.6 Å². The second-order valence-corrected chi connectivity index (χ2v) is 4.82. The molecule has 6 heteroatoms. The molecular formula is C14H11BrFN3O. The Labute approximate surface area is 123 Å². The van der Waals surface area contributed by atoms with Crippen molar-refractivity contribution < 1.29 is 4.39 Å². The smallest absolute Gasteiger partial charge is 0.284 e. The van der Waals surface area contributed by atoms with E-state index in [1.165, 1.54) is 23.0 Å². The number of hydrogen-bond acceptors (Lipinski definition) is 3. The molecule has 2 rings (SSSR count). The van der Waals surface area contributed by atoms with Gasteiger partial charge in [-0.2, -0.15) is 5.10 Å². The minimum atomic E-state index is -0.313. The van der Waals surface area contributed by atoms with Crippen LogP contribution < -0.4 is 10.9 Å². The quantitative estimate of drug-likeness (QED) is 0.872. The van der Waals surface area contributed by atoms with Crippen molar-refractivity contribution in [2.75, 3.05) is 5.32 Å². The minimum Gasteiger partial charge on any atom is -0.379 e. The van der Waals surface area contributed by atoms with E-state index < -0.39 is 0 Å². The lowest BCUT2D eigenvalue weighted by molar-refractivity contribution is 0.626. The molecule has 102 valence electrons. The maximum atomic E-state index is 13.1. The lowest BCUT2D eigenvalue weighted by Crippen LogP contribution is -2.24. The molecule has 1 aromatic heterocycles. The van der Waals surface area contributed by atoms with E-state index in [2.05, 4.69) is 32.3 Å². The number of nitrogens with one attached hydrogen (secondary N) is 1. The Morgan fingerprint density at radius 3 is 3.00 bits per heavy atom. The van der Waals surface area contributed by atoms with Gasteiger partial charge in [0, 0.05) is 6.54 Å². The van der Waals surface area contributed by atoms with Gasteiger partial charge in [0.1, 0.15) is 16.8 Å². The zero-order chi connectivity index (χ0) is 14.5. The molecule has 1 N–H and O–H groups in total. The maximum Gasteiger partial charge on any atom is 0.284 e. The normalized spacial score (nSPS) is 10.1. The fraction of sp³-hybridized carbons (Fsp3) is 0.143. The molecule has 0 unspecified atom stereocenters. The number of anilines is 1. The number of terminal acetylenes is 1. The standard InChI is InChI=1S/C14H11BrFN3O/c1-2-6-19-14(20)13(15)12(9-18-19)17-8-10-4-3-5-11(16)7-10/h1,3-5,7,9,17H,6,8H2. The Morgan fingerprint density at radius 2 is 2.30 bits per heavy atom. The van der Waals surface area contributed by atoms with Crippen LogP contribution in [-0.2, 0) is 13.1 Å². The van der Waals surface area contributed by atoms with Gasteiger partial charge in [0.15, 0.2) is 0 Å². The summed E-state index contributed by atoms with van der Waals surface area (Å²) in [5, 5.41) is 6.98. The van der Waals surface area contributed by atoms with Gasteiger partial charge in [-0.15, -0.1) is 6.42 Å². The molecule has 4 nitrogen and oxygen atoms in total. The third-order valence-electron chi connectivity index (χ3n) is 2.60. The van der Waals surface area contributed by atoms with Crippen molar-refractivity contribution in [3.8, 4) is 12.3 Å². The lowest BCUT2D eigenvalue weighted by atomic mass is 10.2. The highest BCUT2D eigenvalue weighted by Crippen LogP contribution is 2.17. The average molecular weight is 336 g/mol. The summed E-state index contributed by atoms with van der Waals surface area (Å²) in [7, 11) is 0. The largest absolute Gasteiger partial charge is 0.379 e. The third kappa shape index (κ3) is 3.25. The zero-order valence-corrected chi connectivity index (χ0v) is 12.0. The second kappa shape index (κ2) is 6.35. The molecule has 0 atom stereocenters. The molecule has 0 aliphatic heterocycles. The molecule has 0 bridgehead atoms. The van der Waals surface area contributed by atoms with E-state index in [9.17, 15) is 9.18 Å². The van der Waals surface area contributed by atoms with Gasteiger partial charge >= 0.3 is 0 Å². The highest BCUT2D eigenvalue weighted by atomic mass is 79.9. The van der Waals surface area contributed by atoms with Crippen molar-refractivity contribution in [2.24, 2.45) is 0 Å². The van der Waals surface area contributed by atoms with Crippen molar-refractivity contribution in [2.45, 2.75) is 13.1 Å².